The van der Waals surface area contributed by atoms with Crippen LogP contribution in [0.4, 0.5) is 0 Å². The van der Waals surface area contributed by atoms with E-state index in [1.807, 2.05) is 6.92 Å². The maximum Gasteiger partial charge on any atom is 0.303 e. The Hall–Kier alpha value is -1.14. The van der Waals surface area contributed by atoms with Gasteiger partial charge in [0.05, 0.1) is 6.61 Å². The number of amides is 1. The van der Waals surface area contributed by atoms with Crippen LogP contribution in [0.15, 0.2) is 0 Å². The molecule has 0 spiro atoms. The second kappa shape index (κ2) is 7.45. The van der Waals surface area contributed by atoms with Crippen molar-refractivity contribution in [3.8, 4) is 0 Å². The molecule has 0 aromatic carbocycles. The molecule has 0 radical (unpaired) electrons. The molecule has 1 saturated heterocycles. The van der Waals surface area contributed by atoms with Gasteiger partial charge in [-0.15, -0.1) is 0 Å². The van der Waals surface area contributed by atoms with Gasteiger partial charge in [0.15, 0.2) is 0 Å². The lowest BCUT2D eigenvalue weighted by molar-refractivity contribution is -0.139. The quantitative estimate of drug-likeness (QED) is 0.726. The SMILES string of the molecule is COCC(N)C(=O)N1CCCC(C(C)CC(=O)O)C1. The molecule has 19 heavy (non-hydrogen) atoms. The average molecular weight is 272 g/mol. The van der Waals surface area contributed by atoms with E-state index in [-0.39, 0.29) is 30.8 Å². The molecule has 3 atom stereocenters. The summed E-state index contributed by atoms with van der Waals surface area (Å²) in [5.74, 6) is -0.573. The molecule has 1 amide bonds. The van der Waals surface area contributed by atoms with Crippen LogP contribution >= 0.6 is 0 Å². The van der Waals surface area contributed by atoms with Gasteiger partial charge in [-0.1, -0.05) is 6.92 Å². The van der Waals surface area contributed by atoms with E-state index in [1.165, 1.54) is 7.11 Å². The number of carbonyl (C=O) groups is 2. The van der Waals surface area contributed by atoms with Crippen LogP contribution in [0.1, 0.15) is 26.2 Å². The van der Waals surface area contributed by atoms with Crippen LogP contribution in [0, 0.1) is 11.8 Å². The van der Waals surface area contributed by atoms with Crippen LogP contribution in [0.2, 0.25) is 0 Å². The van der Waals surface area contributed by atoms with Crippen molar-refractivity contribution in [1.82, 2.24) is 4.90 Å². The molecule has 6 nitrogen and oxygen atoms in total. The van der Waals surface area contributed by atoms with Crippen LogP contribution in [-0.4, -0.2) is 54.7 Å². The number of nitrogens with two attached hydrogens (primary N) is 1. The Morgan fingerprint density at radius 2 is 2.21 bits per heavy atom. The molecule has 6 heteroatoms. The zero-order valence-electron chi connectivity index (χ0n) is 11.7. The molecule has 1 aliphatic rings. The summed E-state index contributed by atoms with van der Waals surface area (Å²) >= 11 is 0. The van der Waals surface area contributed by atoms with E-state index in [4.69, 9.17) is 15.6 Å². The van der Waals surface area contributed by atoms with Crippen molar-refractivity contribution in [1.29, 1.82) is 0 Å². The molecular weight excluding hydrogens is 248 g/mol. The van der Waals surface area contributed by atoms with Gasteiger partial charge in [-0.2, -0.15) is 0 Å². The molecule has 0 aromatic heterocycles. The second-order valence-electron chi connectivity index (χ2n) is 5.32. The maximum absolute atomic E-state index is 12.1. The van der Waals surface area contributed by atoms with Crippen molar-refractivity contribution in [3.63, 3.8) is 0 Å². The fourth-order valence-corrected chi connectivity index (χ4v) is 2.60. The van der Waals surface area contributed by atoms with Crippen LogP contribution in [-0.2, 0) is 14.3 Å². The molecule has 1 fully saturated rings. The van der Waals surface area contributed by atoms with E-state index in [0.29, 0.717) is 13.1 Å². The van der Waals surface area contributed by atoms with Crippen molar-refractivity contribution in [2.45, 2.75) is 32.2 Å². The molecule has 110 valence electrons. The Labute approximate surface area is 113 Å². The van der Waals surface area contributed by atoms with E-state index in [1.54, 1.807) is 4.90 Å². The zero-order valence-corrected chi connectivity index (χ0v) is 11.7. The fourth-order valence-electron chi connectivity index (χ4n) is 2.60. The van der Waals surface area contributed by atoms with Gasteiger partial charge in [-0.3, -0.25) is 9.59 Å². The lowest BCUT2D eigenvalue weighted by Gasteiger charge is -2.36. The van der Waals surface area contributed by atoms with Gasteiger partial charge in [0, 0.05) is 26.6 Å². The first kappa shape index (κ1) is 15.9. The molecule has 1 heterocycles. The van der Waals surface area contributed by atoms with Gasteiger partial charge in [0.25, 0.3) is 0 Å². The molecule has 3 N–H and O–H groups in total. The Balaban J connectivity index is 2.54. The van der Waals surface area contributed by atoms with Crippen LogP contribution in [0.3, 0.4) is 0 Å². The predicted octanol–water partition coefficient (Wildman–Crippen LogP) is 0.310. The highest BCUT2D eigenvalue weighted by Gasteiger charge is 2.30. The molecule has 1 rings (SSSR count). The van der Waals surface area contributed by atoms with Gasteiger partial charge in [-0.05, 0) is 24.7 Å². The van der Waals surface area contributed by atoms with E-state index < -0.39 is 12.0 Å². The minimum atomic E-state index is -0.785. The van der Waals surface area contributed by atoms with Gasteiger partial charge in [-0.25, -0.2) is 0 Å². The van der Waals surface area contributed by atoms with Crippen molar-refractivity contribution >= 4 is 11.9 Å². The first-order chi connectivity index (χ1) is 8.95. The number of ether oxygens (including phenoxy) is 1. The van der Waals surface area contributed by atoms with Crippen molar-refractivity contribution in [3.05, 3.63) is 0 Å². The van der Waals surface area contributed by atoms with Gasteiger partial charge in [0.2, 0.25) is 5.91 Å². The van der Waals surface area contributed by atoms with Gasteiger partial charge < -0.3 is 20.5 Å². The highest BCUT2D eigenvalue weighted by Crippen LogP contribution is 2.26. The minimum absolute atomic E-state index is 0.0757. The molecule has 1 aliphatic heterocycles. The summed E-state index contributed by atoms with van der Waals surface area (Å²) in [7, 11) is 1.51. The number of piperidine rings is 1. The predicted molar refractivity (Wildman–Crippen MR) is 70.6 cm³/mol. The van der Waals surface area contributed by atoms with E-state index >= 15 is 0 Å². The first-order valence-corrected chi connectivity index (χ1v) is 6.70. The van der Waals surface area contributed by atoms with E-state index in [2.05, 4.69) is 0 Å². The third-order valence-corrected chi connectivity index (χ3v) is 3.73. The summed E-state index contributed by atoms with van der Waals surface area (Å²) in [6.07, 6.45) is 2.02. The number of hydrogen-bond donors (Lipinski definition) is 2. The van der Waals surface area contributed by atoms with Crippen molar-refractivity contribution in [2.24, 2.45) is 17.6 Å². The normalized spacial score (nSPS) is 22.9. The standard InChI is InChI=1S/C13H24N2O4/c1-9(6-12(16)17)10-4-3-5-15(7-10)13(18)11(14)8-19-2/h9-11H,3-8,14H2,1-2H3,(H,16,17). The number of methoxy groups -OCH3 is 1. The number of nitrogens with zero attached hydrogens (tertiary/aromatic N) is 1. The van der Waals surface area contributed by atoms with E-state index in [0.717, 1.165) is 12.8 Å². The molecular formula is C13H24N2O4. The summed E-state index contributed by atoms with van der Waals surface area (Å²) in [5.41, 5.74) is 5.75. The number of aliphatic carboxylic acids is 1. The summed E-state index contributed by atoms with van der Waals surface area (Å²) in [5, 5.41) is 8.83. The lowest BCUT2D eigenvalue weighted by Crippen LogP contribution is -2.50. The van der Waals surface area contributed by atoms with Gasteiger partial charge >= 0.3 is 5.97 Å². The summed E-state index contributed by atoms with van der Waals surface area (Å²) in [4.78, 5) is 24.6. The summed E-state index contributed by atoms with van der Waals surface area (Å²) < 4.78 is 4.89. The van der Waals surface area contributed by atoms with Crippen LogP contribution in [0.5, 0.6) is 0 Å². The van der Waals surface area contributed by atoms with Crippen LogP contribution < -0.4 is 5.73 Å². The third-order valence-electron chi connectivity index (χ3n) is 3.73. The summed E-state index contributed by atoms with van der Waals surface area (Å²) in [6, 6.07) is -0.626. The highest BCUT2D eigenvalue weighted by molar-refractivity contribution is 5.81. The third kappa shape index (κ3) is 4.80. The minimum Gasteiger partial charge on any atom is -0.481 e. The number of carbonyl (C=O) groups excluding carboxylic acids is 1. The largest absolute Gasteiger partial charge is 0.481 e. The number of carboxylic acid groups (broad SMARTS) is 1. The maximum atomic E-state index is 12.1. The number of hydrogen-bond acceptors (Lipinski definition) is 4. The highest BCUT2D eigenvalue weighted by atomic mass is 16.5. The number of rotatable bonds is 6. The number of likely N-dealkylation sites (tertiary alicyclic amines) is 1. The topological polar surface area (TPSA) is 92.9 Å². The monoisotopic (exact) mass is 272 g/mol. The van der Waals surface area contributed by atoms with Gasteiger partial charge in [0.1, 0.15) is 6.04 Å². The Kier molecular flexibility index (Phi) is 6.24. The molecule has 0 bridgehead atoms. The molecule has 0 aromatic rings. The lowest BCUT2D eigenvalue weighted by atomic mass is 9.84. The smallest absolute Gasteiger partial charge is 0.303 e. The van der Waals surface area contributed by atoms with Crippen molar-refractivity contribution < 1.29 is 19.4 Å². The second-order valence-corrected chi connectivity index (χ2v) is 5.32. The molecule has 3 unspecified atom stereocenters. The number of carboxylic acids is 1. The average Bonchev–Trinajstić information content (AvgIpc) is 2.37. The molecule has 0 saturated carbocycles. The summed E-state index contributed by atoms with van der Waals surface area (Å²) in [6.45, 7) is 3.45. The Morgan fingerprint density at radius 3 is 2.79 bits per heavy atom. The fraction of sp³-hybridized carbons (Fsp3) is 0.846. The Bertz CT molecular complexity index is 322. The molecule has 0 aliphatic carbocycles. The first-order valence-electron chi connectivity index (χ1n) is 6.70. The van der Waals surface area contributed by atoms with Crippen molar-refractivity contribution in [2.75, 3.05) is 26.8 Å². The van der Waals surface area contributed by atoms with Crippen LogP contribution in [0.25, 0.3) is 0 Å². The zero-order chi connectivity index (χ0) is 14.4. The Morgan fingerprint density at radius 1 is 1.53 bits per heavy atom. The van der Waals surface area contributed by atoms with E-state index in [9.17, 15) is 9.59 Å².